The SMILES string of the molecule is O=C(CSc1nncn1C1CC1)N1CCCCO1. The van der Waals surface area contributed by atoms with E-state index in [1.165, 1.54) is 29.7 Å². The fraction of sp³-hybridized carbons (Fsp3) is 0.727. The van der Waals surface area contributed by atoms with Crippen molar-refractivity contribution in [3.8, 4) is 0 Å². The number of hydroxylamine groups is 2. The number of amides is 1. The Morgan fingerprint density at radius 1 is 1.50 bits per heavy atom. The molecule has 0 aromatic carbocycles. The molecule has 1 saturated carbocycles. The van der Waals surface area contributed by atoms with Gasteiger partial charge in [-0.2, -0.15) is 0 Å². The maximum absolute atomic E-state index is 11.9. The first kappa shape index (κ1) is 12.0. The number of nitrogens with zero attached hydrogens (tertiary/aromatic N) is 4. The summed E-state index contributed by atoms with van der Waals surface area (Å²) in [6, 6.07) is 0.545. The highest BCUT2D eigenvalue weighted by atomic mass is 32.2. The second-order valence-electron chi connectivity index (χ2n) is 4.58. The van der Waals surface area contributed by atoms with Gasteiger partial charge in [-0.1, -0.05) is 11.8 Å². The molecule has 7 heteroatoms. The lowest BCUT2D eigenvalue weighted by molar-refractivity contribution is -0.194. The van der Waals surface area contributed by atoms with Crippen LogP contribution in [0.2, 0.25) is 0 Å². The Balaban J connectivity index is 1.53. The normalized spacial score (nSPS) is 20.1. The summed E-state index contributed by atoms with van der Waals surface area (Å²) in [7, 11) is 0. The van der Waals surface area contributed by atoms with Gasteiger partial charge >= 0.3 is 0 Å². The average Bonchev–Trinajstić information content (AvgIpc) is 3.16. The summed E-state index contributed by atoms with van der Waals surface area (Å²) in [5, 5.41) is 10.3. The minimum absolute atomic E-state index is 0.0186. The third kappa shape index (κ3) is 2.67. The minimum Gasteiger partial charge on any atom is -0.306 e. The minimum atomic E-state index is 0.0186. The lowest BCUT2D eigenvalue weighted by atomic mass is 10.3. The molecular weight excluding hydrogens is 252 g/mol. The molecule has 1 aromatic heterocycles. The zero-order chi connectivity index (χ0) is 12.4. The molecule has 2 fully saturated rings. The lowest BCUT2D eigenvalue weighted by Crippen LogP contribution is -2.36. The van der Waals surface area contributed by atoms with E-state index in [1.807, 2.05) is 0 Å². The number of rotatable bonds is 4. The molecule has 0 bridgehead atoms. The van der Waals surface area contributed by atoms with E-state index in [0.717, 1.165) is 18.0 Å². The predicted molar refractivity (Wildman–Crippen MR) is 65.9 cm³/mol. The first-order valence-electron chi connectivity index (χ1n) is 6.30. The van der Waals surface area contributed by atoms with Crippen molar-refractivity contribution in [2.24, 2.45) is 0 Å². The van der Waals surface area contributed by atoms with Crippen LogP contribution >= 0.6 is 11.8 Å². The number of carbonyl (C=O) groups is 1. The first-order valence-corrected chi connectivity index (χ1v) is 7.29. The van der Waals surface area contributed by atoms with E-state index in [-0.39, 0.29) is 5.91 Å². The van der Waals surface area contributed by atoms with Crippen LogP contribution in [-0.2, 0) is 9.63 Å². The van der Waals surface area contributed by atoms with Crippen LogP contribution < -0.4 is 0 Å². The van der Waals surface area contributed by atoms with E-state index in [4.69, 9.17) is 4.84 Å². The van der Waals surface area contributed by atoms with Crippen LogP contribution in [0.25, 0.3) is 0 Å². The molecule has 2 heterocycles. The topological polar surface area (TPSA) is 60.2 Å². The number of aromatic nitrogens is 3. The summed E-state index contributed by atoms with van der Waals surface area (Å²) >= 11 is 1.44. The van der Waals surface area contributed by atoms with Gasteiger partial charge in [0.05, 0.1) is 12.4 Å². The summed E-state index contributed by atoms with van der Waals surface area (Å²) < 4.78 is 2.06. The van der Waals surface area contributed by atoms with Crippen molar-refractivity contribution in [3.63, 3.8) is 0 Å². The number of carbonyl (C=O) groups excluding carboxylic acids is 1. The highest BCUT2D eigenvalue weighted by molar-refractivity contribution is 7.99. The van der Waals surface area contributed by atoms with Crippen LogP contribution in [0.1, 0.15) is 31.7 Å². The Morgan fingerprint density at radius 3 is 3.11 bits per heavy atom. The summed E-state index contributed by atoms with van der Waals surface area (Å²) in [5.41, 5.74) is 0. The monoisotopic (exact) mass is 268 g/mol. The highest BCUT2D eigenvalue weighted by Gasteiger charge is 2.27. The Hall–Kier alpha value is -1.08. The van der Waals surface area contributed by atoms with Crippen LogP contribution in [0.15, 0.2) is 11.5 Å². The number of thioether (sulfide) groups is 1. The van der Waals surface area contributed by atoms with E-state index in [1.54, 1.807) is 6.33 Å². The van der Waals surface area contributed by atoms with Crippen LogP contribution in [0, 0.1) is 0 Å². The molecule has 3 rings (SSSR count). The van der Waals surface area contributed by atoms with E-state index in [2.05, 4.69) is 14.8 Å². The third-order valence-corrected chi connectivity index (χ3v) is 4.03. The van der Waals surface area contributed by atoms with E-state index in [0.29, 0.717) is 24.9 Å². The first-order chi connectivity index (χ1) is 8.84. The second-order valence-corrected chi connectivity index (χ2v) is 5.52. The second kappa shape index (κ2) is 5.27. The van der Waals surface area contributed by atoms with E-state index < -0.39 is 0 Å². The Kier molecular flexibility index (Phi) is 3.51. The van der Waals surface area contributed by atoms with Gasteiger partial charge in [-0.15, -0.1) is 10.2 Å². The molecular formula is C11H16N4O2S. The molecule has 0 atom stereocenters. The Morgan fingerprint density at radius 2 is 2.39 bits per heavy atom. The van der Waals surface area contributed by atoms with Gasteiger partial charge in [0.25, 0.3) is 5.91 Å². The van der Waals surface area contributed by atoms with Crippen molar-refractivity contribution < 1.29 is 9.63 Å². The highest BCUT2D eigenvalue weighted by Crippen LogP contribution is 2.37. The van der Waals surface area contributed by atoms with E-state index >= 15 is 0 Å². The smallest absolute Gasteiger partial charge is 0.256 e. The third-order valence-electron chi connectivity index (χ3n) is 3.09. The van der Waals surface area contributed by atoms with Crippen molar-refractivity contribution in [2.45, 2.75) is 36.9 Å². The fourth-order valence-corrected chi connectivity index (χ4v) is 2.78. The summed E-state index contributed by atoms with van der Waals surface area (Å²) in [6.07, 6.45) is 6.19. The molecule has 0 radical (unpaired) electrons. The van der Waals surface area contributed by atoms with Crippen molar-refractivity contribution in [1.29, 1.82) is 0 Å². The standard InChI is InChI=1S/C11H16N4O2S/c16-10(15-5-1-2-6-17-15)7-18-11-13-12-8-14(11)9-3-4-9/h8-9H,1-7H2. The summed E-state index contributed by atoms with van der Waals surface area (Å²) in [5.74, 6) is 0.385. The predicted octanol–water partition coefficient (Wildman–Crippen LogP) is 1.26. The average molecular weight is 268 g/mol. The molecule has 0 N–H and O–H groups in total. The molecule has 1 aliphatic carbocycles. The van der Waals surface area contributed by atoms with Crippen LogP contribution in [-0.4, -0.2) is 44.6 Å². The largest absolute Gasteiger partial charge is 0.306 e. The summed E-state index contributed by atoms with van der Waals surface area (Å²) in [6.45, 7) is 1.35. The number of hydrogen-bond acceptors (Lipinski definition) is 5. The van der Waals surface area contributed by atoms with Crippen molar-refractivity contribution >= 4 is 17.7 Å². The van der Waals surface area contributed by atoms with Gasteiger partial charge in [-0.25, -0.2) is 5.06 Å². The molecule has 0 spiro atoms. The van der Waals surface area contributed by atoms with Gasteiger partial charge in [-0.3, -0.25) is 9.63 Å². The molecule has 98 valence electrons. The molecule has 18 heavy (non-hydrogen) atoms. The lowest BCUT2D eigenvalue weighted by Gasteiger charge is -2.25. The molecule has 6 nitrogen and oxygen atoms in total. The van der Waals surface area contributed by atoms with Crippen molar-refractivity contribution in [1.82, 2.24) is 19.8 Å². The fourth-order valence-electron chi connectivity index (χ4n) is 1.93. The quantitative estimate of drug-likeness (QED) is 0.769. The molecule has 1 saturated heterocycles. The van der Waals surface area contributed by atoms with Gasteiger partial charge in [0.1, 0.15) is 6.33 Å². The molecule has 1 aliphatic heterocycles. The Bertz CT molecular complexity index is 426. The van der Waals surface area contributed by atoms with Crippen molar-refractivity contribution in [2.75, 3.05) is 18.9 Å². The van der Waals surface area contributed by atoms with Gasteiger partial charge in [0.2, 0.25) is 0 Å². The molecule has 1 aromatic rings. The maximum Gasteiger partial charge on any atom is 0.256 e. The maximum atomic E-state index is 11.9. The van der Waals surface area contributed by atoms with Crippen LogP contribution in [0.5, 0.6) is 0 Å². The van der Waals surface area contributed by atoms with Crippen LogP contribution in [0.3, 0.4) is 0 Å². The summed E-state index contributed by atoms with van der Waals surface area (Å²) in [4.78, 5) is 17.2. The van der Waals surface area contributed by atoms with Gasteiger partial charge in [0.15, 0.2) is 5.16 Å². The van der Waals surface area contributed by atoms with Crippen molar-refractivity contribution in [3.05, 3.63) is 6.33 Å². The van der Waals surface area contributed by atoms with Gasteiger partial charge in [-0.05, 0) is 25.7 Å². The molecule has 1 amide bonds. The van der Waals surface area contributed by atoms with Crippen LogP contribution in [0.4, 0.5) is 0 Å². The zero-order valence-electron chi connectivity index (χ0n) is 10.1. The van der Waals surface area contributed by atoms with Gasteiger partial charge in [0, 0.05) is 12.6 Å². The zero-order valence-corrected chi connectivity index (χ0v) is 10.9. The molecule has 0 unspecified atom stereocenters. The van der Waals surface area contributed by atoms with Gasteiger partial charge < -0.3 is 4.57 Å². The molecule has 2 aliphatic rings. The Labute approximate surface area is 110 Å². The van der Waals surface area contributed by atoms with E-state index in [9.17, 15) is 4.79 Å². The number of hydrogen-bond donors (Lipinski definition) is 0.